The molecule has 9 heteroatoms. The number of rotatable bonds is 5. The minimum Gasteiger partial charge on any atom is -0.422 e. The quantitative estimate of drug-likeness (QED) is 0.516. The monoisotopic (exact) mass is 482 g/mol. The van der Waals surface area contributed by atoms with Crippen LogP contribution in [0, 0.1) is 18.8 Å². The molecule has 0 unspecified atom stereocenters. The van der Waals surface area contributed by atoms with Gasteiger partial charge in [-0.1, -0.05) is 28.1 Å². The van der Waals surface area contributed by atoms with Crippen LogP contribution in [0.3, 0.4) is 0 Å². The second kappa shape index (κ2) is 7.56. The summed E-state index contributed by atoms with van der Waals surface area (Å²) < 4.78 is 8.74. The number of hydrogen-bond donors (Lipinski definition) is 0. The molecule has 2 aliphatic rings. The van der Waals surface area contributed by atoms with Gasteiger partial charge in [0.2, 0.25) is 0 Å². The number of ether oxygens (including phenoxy) is 1. The molecule has 2 fully saturated rings. The molecule has 0 N–H and O–H groups in total. The van der Waals surface area contributed by atoms with Crippen molar-refractivity contribution in [3.05, 3.63) is 57.0 Å². The average Bonchev–Trinajstić information content (AvgIpc) is 3.66. The topological polar surface area (TPSA) is 96.1 Å². The number of hydrogen-bond acceptors (Lipinski definition) is 6. The maximum absolute atomic E-state index is 13.3. The number of halogens is 1. The number of aryl methyl sites for hydroxylation is 1. The summed E-state index contributed by atoms with van der Waals surface area (Å²) in [6.07, 6.45) is 4.29. The molecule has 0 bridgehead atoms. The third kappa shape index (κ3) is 3.85. The smallest absolute Gasteiger partial charge is 0.314 e. The predicted molar refractivity (Wildman–Crippen MR) is 115 cm³/mol. The van der Waals surface area contributed by atoms with Gasteiger partial charge in [-0.25, -0.2) is 4.68 Å². The highest BCUT2D eigenvalue weighted by atomic mass is 79.9. The first-order valence-electron chi connectivity index (χ1n) is 10.1. The minimum atomic E-state index is -0.647. The van der Waals surface area contributed by atoms with E-state index in [1.807, 2.05) is 30.3 Å². The molecule has 3 aromatic rings. The van der Waals surface area contributed by atoms with E-state index < -0.39 is 11.5 Å². The van der Waals surface area contributed by atoms with Crippen molar-refractivity contribution >= 4 is 27.8 Å². The number of carbonyl (C=O) groups excluding carboxylic acids is 2. The molecule has 2 saturated carbocycles. The summed E-state index contributed by atoms with van der Waals surface area (Å²) in [5, 5.41) is 8.58. The summed E-state index contributed by atoms with van der Waals surface area (Å²) in [5.41, 5.74) is 1.55. The van der Waals surface area contributed by atoms with Crippen molar-refractivity contribution in [2.75, 3.05) is 0 Å². The Morgan fingerprint density at radius 1 is 1.10 bits per heavy atom. The minimum absolute atomic E-state index is 0.00954. The zero-order valence-electron chi connectivity index (χ0n) is 16.7. The van der Waals surface area contributed by atoms with Crippen LogP contribution < -0.4 is 10.3 Å². The molecule has 158 valence electrons. The summed E-state index contributed by atoms with van der Waals surface area (Å²) >= 11 is 3.41. The molecule has 0 saturated heterocycles. The van der Waals surface area contributed by atoms with Gasteiger partial charge in [0, 0.05) is 21.6 Å². The van der Waals surface area contributed by atoms with Crippen molar-refractivity contribution in [2.45, 2.75) is 32.6 Å². The Morgan fingerprint density at radius 3 is 2.42 bits per heavy atom. The molecule has 0 aliphatic heterocycles. The molecule has 0 atom stereocenters. The number of carbonyl (C=O) groups is 2. The number of esters is 1. The van der Waals surface area contributed by atoms with Gasteiger partial charge in [-0.3, -0.25) is 14.4 Å². The molecule has 2 aromatic heterocycles. The van der Waals surface area contributed by atoms with E-state index in [0.717, 1.165) is 40.4 Å². The SMILES string of the molecule is Cc1cc(-c2ccc(Br)cc2)nn1-c1c(OC(=O)C2CC2)cnn(C(=O)C2CC2)c1=O. The van der Waals surface area contributed by atoms with Gasteiger partial charge in [-0.05, 0) is 50.8 Å². The standard InChI is InChI=1S/C22H19BrN4O4/c1-12-10-17(13-6-8-16(23)9-7-13)25-26(12)19-18(31-22(30)15-4-5-15)11-24-27(21(19)29)20(28)14-2-3-14/h6-11,14-15H,2-5H2,1H3. The highest BCUT2D eigenvalue weighted by Gasteiger charge is 2.35. The van der Waals surface area contributed by atoms with Gasteiger partial charge in [-0.2, -0.15) is 14.9 Å². The molecule has 8 nitrogen and oxygen atoms in total. The fraction of sp³-hybridized carbons (Fsp3) is 0.318. The molecule has 1 aromatic carbocycles. The van der Waals surface area contributed by atoms with E-state index in [1.54, 1.807) is 6.92 Å². The molecular weight excluding hydrogens is 464 g/mol. The third-order valence-electron chi connectivity index (χ3n) is 5.41. The summed E-state index contributed by atoms with van der Waals surface area (Å²) in [6, 6.07) is 9.46. The van der Waals surface area contributed by atoms with Gasteiger partial charge in [0.25, 0.3) is 5.91 Å². The van der Waals surface area contributed by atoms with Crippen LogP contribution >= 0.6 is 15.9 Å². The van der Waals surface area contributed by atoms with Crippen LogP contribution in [0.2, 0.25) is 0 Å². The molecule has 0 amide bonds. The maximum atomic E-state index is 13.3. The van der Waals surface area contributed by atoms with Crippen LogP contribution in [-0.2, 0) is 4.79 Å². The van der Waals surface area contributed by atoms with Crippen LogP contribution in [0.25, 0.3) is 16.9 Å². The van der Waals surface area contributed by atoms with E-state index in [4.69, 9.17) is 4.74 Å². The van der Waals surface area contributed by atoms with Crippen molar-refractivity contribution in [1.29, 1.82) is 0 Å². The first-order chi connectivity index (χ1) is 14.9. The van der Waals surface area contributed by atoms with Gasteiger partial charge >= 0.3 is 11.5 Å². The van der Waals surface area contributed by atoms with E-state index in [2.05, 4.69) is 26.1 Å². The van der Waals surface area contributed by atoms with Crippen LogP contribution in [0.4, 0.5) is 0 Å². The Hall–Kier alpha value is -3.07. The Labute approximate surface area is 186 Å². The molecule has 0 spiro atoms. The molecular formula is C22H19BrN4O4. The van der Waals surface area contributed by atoms with E-state index in [0.29, 0.717) is 11.4 Å². The Kier molecular flexibility index (Phi) is 4.85. The summed E-state index contributed by atoms with van der Waals surface area (Å²) in [6.45, 7) is 1.80. The van der Waals surface area contributed by atoms with E-state index >= 15 is 0 Å². The van der Waals surface area contributed by atoms with Crippen molar-refractivity contribution in [2.24, 2.45) is 11.8 Å². The zero-order valence-corrected chi connectivity index (χ0v) is 18.3. The maximum Gasteiger partial charge on any atom is 0.314 e. The summed E-state index contributed by atoms with van der Waals surface area (Å²) in [4.78, 5) is 38.2. The van der Waals surface area contributed by atoms with Crippen LogP contribution in [-0.4, -0.2) is 31.4 Å². The molecule has 5 rings (SSSR count). The van der Waals surface area contributed by atoms with Gasteiger partial charge in [0.1, 0.15) is 0 Å². The van der Waals surface area contributed by atoms with Crippen LogP contribution in [0.5, 0.6) is 5.75 Å². The summed E-state index contributed by atoms with van der Waals surface area (Å²) in [7, 11) is 0. The first kappa shape index (κ1) is 19.9. The predicted octanol–water partition coefficient (Wildman–Crippen LogP) is 3.53. The van der Waals surface area contributed by atoms with Crippen molar-refractivity contribution < 1.29 is 14.3 Å². The first-order valence-corrected chi connectivity index (χ1v) is 10.9. The highest BCUT2D eigenvalue weighted by molar-refractivity contribution is 9.10. The second-order valence-corrected chi connectivity index (χ2v) is 8.89. The second-order valence-electron chi connectivity index (χ2n) is 7.97. The zero-order chi connectivity index (χ0) is 21.7. The van der Waals surface area contributed by atoms with Crippen molar-refractivity contribution in [3.8, 4) is 22.7 Å². The fourth-order valence-corrected chi connectivity index (χ4v) is 3.60. The average molecular weight is 483 g/mol. The molecule has 2 heterocycles. The Morgan fingerprint density at radius 2 is 1.77 bits per heavy atom. The lowest BCUT2D eigenvalue weighted by Crippen LogP contribution is -2.34. The number of aromatic nitrogens is 4. The molecule has 31 heavy (non-hydrogen) atoms. The largest absolute Gasteiger partial charge is 0.422 e. The lowest BCUT2D eigenvalue weighted by molar-refractivity contribution is -0.135. The Bertz CT molecular complexity index is 1250. The van der Waals surface area contributed by atoms with E-state index in [-0.39, 0.29) is 29.2 Å². The number of benzene rings is 1. The van der Waals surface area contributed by atoms with Crippen molar-refractivity contribution in [3.63, 3.8) is 0 Å². The van der Waals surface area contributed by atoms with Crippen LogP contribution in [0.1, 0.15) is 36.2 Å². The van der Waals surface area contributed by atoms with E-state index in [1.165, 1.54) is 10.9 Å². The van der Waals surface area contributed by atoms with Gasteiger partial charge < -0.3 is 4.74 Å². The summed E-state index contributed by atoms with van der Waals surface area (Å²) in [5.74, 6) is -1.07. The lowest BCUT2D eigenvalue weighted by Gasteiger charge is -2.12. The van der Waals surface area contributed by atoms with E-state index in [9.17, 15) is 14.4 Å². The molecule has 2 aliphatic carbocycles. The Balaban J connectivity index is 1.62. The van der Waals surface area contributed by atoms with Crippen molar-refractivity contribution in [1.82, 2.24) is 19.6 Å². The van der Waals surface area contributed by atoms with Gasteiger partial charge in [0.05, 0.1) is 17.8 Å². The fourth-order valence-electron chi connectivity index (χ4n) is 3.33. The van der Waals surface area contributed by atoms with Crippen LogP contribution in [0.15, 0.2) is 45.8 Å². The number of nitrogens with zero attached hydrogens (tertiary/aromatic N) is 4. The highest BCUT2D eigenvalue weighted by Crippen LogP contribution is 2.33. The lowest BCUT2D eigenvalue weighted by atomic mass is 10.1. The van der Waals surface area contributed by atoms with Gasteiger partial charge in [-0.15, -0.1) is 0 Å². The normalized spacial score (nSPS) is 15.7. The molecule has 0 radical (unpaired) electrons. The van der Waals surface area contributed by atoms with Gasteiger partial charge in [0.15, 0.2) is 11.4 Å². The third-order valence-corrected chi connectivity index (χ3v) is 5.94.